The maximum atomic E-state index is 13.3. The summed E-state index contributed by atoms with van der Waals surface area (Å²) < 4.78 is 25.9. The molecule has 0 unspecified atom stereocenters. The molecular weight excluding hydrogens is 242 g/mol. The Morgan fingerprint density at radius 2 is 2.06 bits per heavy atom. The van der Waals surface area contributed by atoms with Crippen molar-refractivity contribution in [3.05, 3.63) is 51.7 Å². The van der Waals surface area contributed by atoms with Gasteiger partial charge in [-0.1, -0.05) is 0 Å². The predicted molar refractivity (Wildman–Crippen MR) is 62.7 cm³/mol. The van der Waals surface area contributed by atoms with Crippen molar-refractivity contribution in [1.29, 1.82) is 5.26 Å². The molecule has 1 heterocycles. The van der Waals surface area contributed by atoms with E-state index in [0.717, 1.165) is 10.9 Å². The number of benzene rings is 1. The Hall–Kier alpha value is -1.93. The van der Waals surface area contributed by atoms with Crippen molar-refractivity contribution in [2.75, 3.05) is 5.32 Å². The summed E-state index contributed by atoms with van der Waals surface area (Å²) >= 11 is 1.34. The first-order valence-electron chi connectivity index (χ1n) is 4.87. The number of nitriles is 1. The van der Waals surface area contributed by atoms with E-state index in [9.17, 15) is 8.78 Å². The van der Waals surface area contributed by atoms with Crippen molar-refractivity contribution in [1.82, 2.24) is 0 Å². The molecule has 0 fully saturated rings. The van der Waals surface area contributed by atoms with Crippen LogP contribution in [-0.4, -0.2) is 0 Å². The number of hydrogen-bond acceptors (Lipinski definition) is 3. The summed E-state index contributed by atoms with van der Waals surface area (Å²) in [5.41, 5.74) is 0.248. The maximum absolute atomic E-state index is 13.3. The first-order valence-corrected chi connectivity index (χ1v) is 5.68. The molecule has 0 amide bonds. The molecule has 1 aromatic heterocycles. The predicted octanol–water partition coefficient (Wildman–Crippen LogP) is 3.51. The van der Waals surface area contributed by atoms with Crippen molar-refractivity contribution in [2.24, 2.45) is 0 Å². The molecule has 0 atom stereocenters. The van der Waals surface area contributed by atoms with E-state index in [1.807, 2.05) is 6.07 Å². The second kappa shape index (κ2) is 4.93. The fraction of sp³-hybridized carbons (Fsp3) is 0.0833. The van der Waals surface area contributed by atoms with Crippen LogP contribution in [0.2, 0.25) is 0 Å². The number of hydrogen-bond donors (Lipinski definition) is 1. The molecule has 0 bridgehead atoms. The highest BCUT2D eigenvalue weighted by atomic mass is 32.1. The fourth-order valence-corrected chi connectivity index (χ4v) is 2.09. The minimum absolute atomic E-state index is 0.248. The van der Waals surface area contributed by atoms with Crippen LogP contribution in [0.5, 0.6) is 0 Å². The zero-order valence-corrected chi connectivity index (χ0v) is 9.52. The second-order valence-corrected chi connectivity index (χ2v) is 4.52. The van der Waals surface area contributed by atoms with Crippen LogP contribution < -0.4 is 5.32 Å². The summed E-state index contributed by atoms with van der Waals surface area (Å²) in [6.45, 7) is 0.412. The Morgan fingerprint density at radius 1 is 1.24 bits per heavy atom. The van der Waals surface area contributed by atoms with Gasteiger partial charge in [0, 0.05) is 17.5 Å². The van der Waals surface area contributed by atoms with Crippen LogP contribution in [0.4, 0.5) is 14.5 Å². The lowest BCUT2D eigenvalue weighted by Gasteiger charge is -2.05. The maximum Gasteiger partial charge on any atom is 0.149 e. The molecule has 0 aliphatic rings. The molecule has 0 aliphatic heterocycles. The standard InChI is InChI=1S/C12H8F2N2S/c13-8-1-4-12(11(14)5-8)16-7-10-3-2-9(6-15)17-10/h1-5,16H,7H2. The van der Waals surface area contributed by atoms with Gasteiger partial charge in [-0.05, 0) is 24.3 Å². The number of thiophene rings is 1. The zero-order valence-electron chi connectivity index (χ0n) is 8.71. The molecule has 0 radical (unpaired) electrons. The monoisotopic (exact) mass is 250 g/mol. The molecule has 0 saturated heterocycles. The van der Waals surface area contributed by atoms with Gasteiger partial charge in [-0.15, -0.1) is 11.3 Å². The Morgan fingerprint density at radius 3 is 2.71 bits per heavy atom. The summed E-state index contributed by atoms with van der Waals surface area (Å²) in [4.78, 5) is 1.53. The minimum Gasteiger partial charge on any atom is -0.378 e. The molecule has 1 aromatic carbocycles. The van der Waals surface area contributed by atoms with E-state index >= 15 is 0 Å². The highest BCUT2D eigenvalue weighted by Crippen LogP contribution is 2.19. The van der Waals surface area contributed by atoms with Gasteiger partial charge in [0.25, 0.3) is 0 Å². The molecule has 0 saturated carbocycles. The van der Waals surface area contributed by atoms with Crippen molar-refractivity contribution in [2.45, 2.75) is 6.54 Å². The van der Waals surface area contributed by atoms with Crippen LogP contribution in [0.1, 0.15) is 9.75 Å². The van der Waals surface area contributed by atoms with Gasteiger partial charge in [-0.3, -0.25) is 0 Å². The lowest BCUT2D eigenvalue weighted by molar-refractivity contribution is 0.585. The van der Waals surface area contributed by atoms with Gasteiger partial charge in [-0.25, -0.2) is 8.78 Å². The number of anilines is 1. The van der Waals surface area contributed by atoms with Crippen molar-refractivity contribution in [3.8, 4) is 6.07 Å². The Balaban J connectivity index is 2.05. The minimum atomic E-state index is -0.623. The third kappa shape index (κ3) is 2.80. The summed E-state index contributed by atoms with van der Waals surface area (Å²) in [6, 6.07) is 8.92. The van der Waals surface area contributed by atoms with Crippen LogP contribution in [0, 0.1) is 23.0 Å². The summed E-state index contributed by atoms with van der Waals surface area (Å²) in [7, 11) is 0. The van der Waals surface area contributed by atoms with E-state index in [2.05, 4.69) is 5.32 Å². The van der Waals surface area contributed by atoms with Crippen LogP contribution in [0.15, 0.2) is 30.3 Å². The molecule has 0 spiro atoms. The molecule has 17 heavy (non-hydrogen) atoms. The van der Waals surface area contributed by atoms with Gasteiger partial charge >= 0.3 is 0 Å². The van der Waals surface area contributed by atoms with E-state index in [0.29, 0.717) is 11.4 Å². The SMILES string of the molecule is N#Cc1ccc(CNc2ccc(F)cc2F)s1. The molecule has 0 aliphatic carbocycles. The Bertz CT molecular complexity index is 572. The van der Waals surface area contributed by atoms with Crippen LogP contribution in [-0.2, 0) is 6.54 Å². The summed E-state index contributed by atoms with van der Waals surface area (Å²) in [5.74, 6) is -1.22. The smallest absolute Gasteiger partial charge is 0.149 e. The van der Waals surface area contributed by atoms with Gasteiger partial charge in [0.1, 0.15) is 22.6 Å². The van der Waals surface area contributed by atoms with Gasteiger partial charge in [0.15, 0.2) is 0 Å². The zero-order chi connectivity index (χ0) is 12.3. The molecule has 86 valence electrons. The third-order valence-electron chi connectivity index (χ3n) is 2.16. The van der Waals surface area contributed by atoms with Crippen LogP contribution in [0.25, 0.3) is 0 Å². The topological polar surface area (TPSA) is 35.8 Å². The molecule has 2 nitrogen and oxygen atoms in total. The van der Waals surface area contributed by atoms with Crippen molar-refractivity contribution in [3.63, 3.8) is 0 Å². The molecule has 2 aromatic rings. The summed E-state index contributed by atoms with van der Waals surface area (Å²) in [5, 5.41) is 11.5. The second-order valence-electron chi connectivity index (χ2n) is 3.36. The first kappa shape index (κ1) is 11.6. The van der Waals surface area contributed by atoms with Crippen molar-refractivity contribution >= 4 is 17.0 Å². The average Bonchev–Trinajstić information content (AvgIpc) is 2.76. The van der Waals surface area contributed by atoms with Crippen LogP contribution >= 0.6 is 11.3 Å². The molecular formula is C12H8F2N2S. The number of halogens is 2. The summed E-state index contributed by atoms with van der Waals surface area (Å²) in [6.07, 6.45) is 0. The number of rotatable bonds is 3. The van der Waals surface area contributed by atoms with Crippen molar-refractivity contribution < 1.29 is 8.78 Å². The lowest BCUT2D eigenvalue weighted by atomic mass is 10.3. The van der Waals surface area contributed by atoms with Gasteiger partial charge < -0.3 is 5.32 Å². The molecule has 1 N–H and O–H groups in total. The van der Waals surface area contributed by atoms with E-state index in [-0.39, 0.29) is 5.69 Å². The van der Waals surface area contributed by atoms with Gasteiger partial charge in [0.05, 0.1) is 5.69 Å². The Kier molecular flexibility index (Phi) is 3.35. The molecule has 2 rings (SSSR count). The van der Waals surface area contributed by atoms with Crippen LogP contribution in [0.3, 0.4) is 0 Å². The largest absolute Gasteiger partial charge is 0.378 e. The van der Waals surface area contributed by atoms with E-state index in [4.69, 9.17) is 5.26 Å². The highest BCUT2D eigenvalue weighted by molar-refractivity contribution is 7.12. The lowest BCUT2D eigenvalue weighted by Crippen LogP contribution is -2.00. The third-order valence-corrected chi connectivity index (χ3v) is 3.15. The normalized spacial score (nSPS) is 9.94. The van der Waals surface area contributed by atoms with Gasteiger partial charge in [-0.2, -0.15) is 5.26 Å². The Labute approximate surface area is 101 Å². The average molecular weight is 250 g/mol. The van der Waals surface area contributed by atoms with E-state index in [1.54, 1.807) is 12.1 Å². The number of nitrogens with zero attached hydrogens (tertiary/aromatic N) is 1. The first-order chi connectivity index (χ1) is 8.19. The highest BCUT2D eigenvalue weighted by Gasteiger charge is 2.04. The van der Waals surface area contributed by atoms with Gasteiger partial charge in [0.2, 0.25) is 0 Å². The quantitative estimate of drug-likeness (QED) is 0.904. The fourth-order valence-electron chi connectivity index (χ4n) is 1.35. The van der Waals surface area contributed by atoms with E-state index < -0.39 is 11.6 Å². The molecule has 5 heteroatoms. The number of nitrogens with one attached hydrogen (secondary N) is 1. The van der Waals surface area contributed by atoms with E-state index in [1.165, 1.54) is 23.5 Å².